The van der Waals surface area contributed by atoms with Gasteiger partial charge in [-0.3, -0.25) is 0 Å². The Morgan fingerprint density at radius 1 is 1.09 bits per heavy atom. The molecule has 2 amide bonds. The van der Waals surface area contributed by atoms with E-state index >= 15 is 0 Å². The van der Waals surface area contributed by atoms with Crippen LogP contribution in [0.1, 0.15) is 31.7 Å². The predicted molar refractivity (Wildman–Crippen MR) is 89.5 cm³/mol. The maximum absolute atomic E-state index is 11.6. The van der Waals surface area contributed by atoms with Crippen LogP contribution in [0.4, 0.5) is 10.5 Å². The van der Waals surface area contributed by atoms with Crippen LogP contribution in [-0.2, 0) is 16.4 Å². The molecule has 0 bridgehead atoms. The molecule has 0 atom stereocenters. The van der Waals surface area contributed by atoms with Crippen molar-refractivity contribution in [1.29, 1.82) is 0 Å². The number of urea groups is 1. The highest BCUT2D eigenvalue weighted by Gasteiger charge is 2.03. The van der Waals surface area contributed by atoms with Crippen LogP contribution >= 0.6 is 0 Å². The molecule has 7 heteroatoms. The van der Waals surface area contributed by atoms with E-state index in [2.05, 4.69) is 22.3 Å². The summed E-state index contributed by atoms with van der Waals surface area (Å²) in [5, 5.41) is 5.29. The summed E-state index contributed by atoms with van der Waals surface area (Å²) in [6, 6.07) is 7.41. The molecule has 6 nitrogen and oxygen atoms in total. The number of hydrogen-bond acceptors (Lipinski definition) is 3. The van der Waals surface area contributed by atoms with Crippen molar-refractivity contribution in [3.63, 3.8) is 0 Å². The molecular formula is C15H25N3O3S. The van der Waals surface area contributed by atoms with E-state index in [1.165, 1.54) is 24.8 Å². The standard InChI is InChI=1S/C15H25N3O3S/c1-3-4-5-6-13-7-9-14(10-8-13)18-15(19)16-11-12-17-22(2,20)21/h7-10,17H,3-6,11-12H2,1-2H3,(H2,16,18,19). The molecule has 0 aromatic heterocycles. The molecule has 3 N–H and O–H groups in total. The van der Waals surface area contributed by atoms with Crippen LogP contribution in [0.3, 0.4) is 0 Å². The Morgan fingerprint density at radius 2 is 1.77 bits per heavy atom. The number of carbonyl (C=O) groups excluding carboxylic acids is 1. The van der Waals surface area contributed by atoms with Gasteiger partial charge in [-0.1, -0.05) is 31.9 Å². The van der Waals surface area contributed by atoms with E-state index in [9.17, 15) is 13.2 Å². The second-order valence-electron chi connectivity index (χ2n) is 5.20. The lowest BCUT2D eigenvalue weighted by molar-refractivity contribution is 0.252. The van der Waals surface area contributed by atoms with Crippen molar-refractivity contribution in [3.05, 3.63) is 29.8 Å². The summed E-state index contributed by atoms with van der Waals surface area (Å²) in [6.07, 6.45) is 5.74. The van der Waals surface area contributed by atoms with Gasteiger partial charge in [0.2, 0.25) is 10.0 Å². The van der Waals surface area contributed by atoms with Gasteiger partial charge in [-0.05, 0) is 30.5 Å². The van der Waals surface area contributed by atoms with E-state index in [1.54, 1.807) is 0 Å². The Balaban J connectivity index is 2.29. The van der Waals surface area contributed by atoms with Crippen molar-refractivity contribution in [2.45, 2.75) is 32.6 Å². The number of rotatable bonds is 9. The minimum atomic E-state index is -3.22. The van der Waals surface area contributed by atoms with Crippen LogP contribution in [-0.4, -0.2) is 33.8 Å². The molecule has 1 aromatic carbocycles. The largest absolute Gasteiger partial charge is 0.337 e. The number of benzene rings is 1. The second kappa shape index (κ2) is 9.42. The molecule has 0 aliphatic rings. The van der Waals surface area contributed by atoms with Crippen LogP contribution in [0, 0.1) is 0 Å². The molecule has 1 rings (SSSR count). The lowest BCUT2D eigenvalue weighted by Crippen LogP contribution is -2.36. The Kier molecular flexibility index (Phi) is 7.90. The average molecular weight is 327 g/mol. The fourth-order valence-electron chi connectivity index (χ4n) is 1.92. The number of carbonyl (C=O) groups is 1. The zero-order valence-corrected chi connectivity index (χ0v) is 14.0. The zero-order chi connectivity index (χ0) is 16.4. The van der Waals surface area contributed by atoms with Gasteiger partial charge in [0.25, 0.3) is 0 Å². The monoisotopic (exact) mass is 327 g/mol. The molecule has 22 heavy (non-hydrogen) atoms. The average Bonchev–Trinajstić information content (AvgIpc) is 2.45. The van der Waals surface area contributed by atoms with Gasteiger partial charge in [0, 0.05) is 18.8 Å². The fourth-order valence-corrected chi connectivity index (χ4v) is 2.39. The first-order valence-electron chi connectivity index (χ1n) is 7.49. The molecule has 0 saturated carbocycles. The van der Waals surface area contributed by atoms with E-state index in [0.717, 1.165) is 12.7 Å². The third kappa shape index (κ3) is 8.63. The normalized spacial score (nSPS) is 11.2. The zero-order valence-electron chi connectivity index (χ0n) is 13.2. The molecular weight excluding hydrogens is 302 g/mol. The van der Waals surface area contributed by atoms with Gasteiger partial charge in [0.05, 0.1) is 6.26 Å². The van der Waals surface area contributed by atoms with Crippen LogP contribution in [0.5, 0.6) is 0 Å². The summed E-state index contributed by atoms with van der Waals surface area (Å²) >= 11 is 0. The van der Waals surface area contributed by atoms with Crippen molar-refractivity contribution in [2.75, 3.05) is 24.7 Å². The molecule has 0 saturated heterocycles. The third-order valence-corrected chi connectivity index (χ3v) is 3.78. The molecule has 0 aliphatic heterocycles. The molecule has 0 unspecified atom stereocenters. The number of nitrogens with one attached hydrogen (secondary N) is 3. The summed E-state index contributed by atoms with van der Waals surface area (Å²) in [4.78, 5) is 11.6. The number of aryl methyl sites for hydroxylation is 1. The Morgan fingerprint density at radius 3 is 2.36 bits per heavy atom. The lowest BCUT2D eigenvalue weighted by atomic mass is 10.1. The molecule has 0 aliphatic carbocycles. The summed E-state index contributed by atoms with van der Waals surface area (Å²) < 4.78 is 24.0. The quantitative estimate of drug-likeness (QED) is 0.607. The SMILES string of the molecule is CCCCCc1ccc(NC(=O)NCCNS(C)(=O)=O)cc1. The molecule has 0 radical (unpaired) electrons. The Bertz CT molecular complexity index is 556. The molecule has 0 heterocycles. The number of hydrogen-bond donors (Lipinski definition) is 3. The number of unbranched alkanes of at least 4 members (excludes halogenated alkanes) is 2. The van der Waals surface area contributed by atoms with Crippen molar-refractivity contribution in [2.24, 2.45) is 0 Å². The number of amides is 2. The van der Waals surface area contributed by atoms with E-state index < -0.39 is 10.0 Å². The first-order chi connectivity index (χ1) is 10.4. The lowest BCUT2D eigenvalue weighted by Gasteiger charge is -2.08. The van der Waals surface area contributed by atoms with Gasteiger partial charge < -0.3 is 10.6 Å². The van der Waals surface area contributed by atoms with Crippen molar-refractivity contribution in [3.8, 4) is 0 Å². The van der Waals surface area contributed by atoms with E-state index in [1.807, 2.05) is 24.3 Å². The van der Waals surface area contributed by atoms with Gasteiger partial charge in [0.1, 0.15) is 0 Å². The van der Waals surface area contributed by atoms with Crippen LogP contribution in [0.25, 0.3) is 0 Å². The topological polar surface area (TPSA) is 87.3 Å². The first-order valence-corrected chi connectivity index (χ1v) is 9.38. The Labute approximate surface area is 132 Å². The minimum Gasteiger partial charge on any atom is -0.337 e. The van der Waals surface area contributed by atoms with Crippen molar-refractivity contribution >= 4 is 21.7 Å². The molecule has 1 aromatic rings. The van der Waals surface area contributed by atoms with E-state index in [0.29, 0.717) is 5.69 Å². The maximum Gasteiger partial charge on any atom is 0.319 e. The highest BCUT2D eigenvalue weighted by Crippen LogP contribution is 2.12. The maximum atomic E-state index is 11.6. The number of sulfonamides is 1. The summed E-state index contributed by atoms with van der Waals surface area (Å²) in [6.45, 7) is 2.58. The van der Waals surface area contributed by atoms with Crippen molar-refractivity contribution in [1.82, 2.24) is 10.0 Å². The van der Waals surface area contributed by atoms with Crippen LogP contribution < -0.4 is 15.4 Å². The fraction of sp³-hybridized carbons (Fsp3) is 0.533. The summed E-state index contributed by atoms with van der Waals surface area (Å²) in [5.74, 6) is 0. The summed E-state index contributed by atoms with van der Waals surface area (Å²) in [5.41, 5.74) is 1.98. The molecule has 0 spiro atoms. The highest BCUT2D eigenvalue weighted by molar-refractivity contribution is 7.88. The minimum absolute atomic E-state index is 0.169. The highest BCUT2D eigenvalue weighted by atomic mass is 32.2. The third-order valence-electron chi connectivity index (χ3n) is 3.06. The molecule has 124 valence electrons. The van der Waals surface area contributed by atoms with Crippen LogP contribution in [0.2, 0.25) is 0 Å². The van der Waals surface area contributed by atoms with Gasteiger partial charge in [0.15, 0.2) is 0 Å². The first kappa shape index (κ1) is 18.4. The van der Waals surface area contributed by atoms with Crippen molar-refractivity contribution < 1.29 is 13.2 Å². The predicted octanol–water partition coefficient (Wildman–Crippen LogP) is 2.09. The van der Waals surface area contributed by atoms with Gasteiger partial charge in [-0.2, -0.15) is 0 Å². The molecule has 0 fully saturated rings. The second-order valence-corrected chi connectivity index (χ2v) is 7.03. The Hall–Kier alpha value is -1.60. The van der Waals surface area contributed by atoms with E-state index in [-0.39, 0.29) is 19.1 Å². The van der Waals surface area contributed by atoms with Crippen LogP contribution in [0.15, 0.2) is 24.3 Å². The smallest absolute Gasteiger partial charge is 0.319 e. The number of anilines is 1. The van der Waals surface area contributed by atoms with Gasteiger partial charge in [-0.15, -0.1) is 0 Å². The summed E-state index contributed by atoms with van der Waals surface area (Å²) in [7, 11) is -3.22. The van der Waals surface area contributed by atoms with E-state index in [4.69, 9.17) is 0 Å². The van der Waals surface area contributed by atoms with Gasteiger partial charge in [-0.25, -0.2) is 17.9 Å². The van der Waals surface area contributed by atoms with Gasteiger partial charge >= 0.3 is 6.03 Å².